The van der Waals surface area contributed by atoms with Crippen molar-refractivity contribution in [1.29, 1.82) is 0 Å². The largest absolute Gasteiger partial charge is 0.493 e. The Hall–Kier alpha value is -2.03. The number of ether oxygens (including phenoxy) is 2. The number of nitrogens with zero attached hydrogens (tertiary/aromatic N) is 2. The molecule has 2 amide bonds. The van der Waals surface area contributed by atoms with Crippen LogP contribution >= 0.6 is 11.6 Å². The number of halogens is 1. The molecule has 2 heterocycles. The minimum Gasteiger partial charge on any atom is -0.493 e. The summed E-state index contributed by atoms with van der Waals surface area (Å²) in [5, 5.41) is 3.28. The van der Waals surface area contributed by atoms with Gasteiger partial charge in [-0.1, -0.05) is 24.9 Å². The molecule has 34 heavy (non-hydrogen) atoms. The number of anilines is 1. The third-order valence-corrected chi connectivity index (χ3v) is 6.91. The van der Waals surface area contributed by atoms with Crippen LogP contribution in [0.15, 0.2) is 12.1 Å². The molecule has 190 valence electrons. The van der Waals surface area contributed by atoms with Crippen LogP contribution in [0.5, 0.6) is 5.75 Å². The van der Waals surface area contributed by atoms with Gasteiger partial charge in [0.05, 0.1) is 35.6 Å². The van der Waals surface area contributed by atoms with Crippen molar-refractivity contribution < 1.29 is 19.1 Å². The fourth-order valence-electron chi connectivity index (χ4n) is 4.61. The average Bonchev–Trinajstić information content (AvgIpc) is 2.84. The summed E-state index contributed by atoms with van der Waals surface area (Å²) in [5.74, 6) is 1.06. The van der Waals surface area contributed by atoms with E-state index in [1.165, 1.54) is 0 Å². The lowest BCUT2D eigenvalue weighted by Crippen LogP contribution is -2.50. The molecule has 1 atom stereocenters. The van der Waals surface area contributed by atoms with Crippen LogP contribution in [0.1, 0.15) is 56.3 Å². The van der Waals surface area contributed by atoms with Gasteiger partial charge in [0.1, 0.15) is 5.75 Å². The van der Waals surface area contributed by atoms with Crippen LogP contribution in [0.3, 0.4) is 0 Å². The van der Waals surface area contributed by atoms with Crippen molar-refractivity contribution in [1.82, 2.24) is 15.1 Å². The molecule has 0 aromatic heterocycles. The number of rotatable bonds is 10. The average molecular weight is 495 g/mol. The highest BCUT2D eigenvalue weighted by Crippen LogP contribution is 2.29. The van der Waals surface area contributed by atoms with Crippen molar-refractivity contribution in [3.63, 3.8) is 0 Å². The molecule has 2 aliphatic heterocycles. The molecule has 2 saturated heterocycles. The summed E-state index contributed by atoms with van der Waals surface area (Å²) in [6, 6.07) is 3.13. The standard InChI is InChI=1S/C25H39ClN4O4/c1-3-5-6-24(31)30-9-7-18(8-10-30)16-29-11-12-34-19(17-29)15-28-25(32)20-13-21(26)22(27)14-23(20)33-4-2/h13-14,18-19H,3-12,15-17,27H2,1-2H3,(H,28,32). The summed E-state index contributed by atoms with van der Waals surface area (Å²) in [4.78, 5) is 29.5. The Balaban J connectivity index is 1.45. The number of nitrogen functional groups attached to an aromatic ring is 1. The first-order valence-corrected chi connectivity index (χ1v) is 12.9. The maximum atomic E-state index is 12.8. The van der Waals surface area contributed by atoms with Crippen LogP contribution in [0.4, 0.5) is 5.69 Å². The number of hydrogen-bond acceptors (Lipinski definition) is 6. The summed E-state index contributed by atoms with van der Waals surface area (Å²) in [5.41, 5.74) is 6.60. The summed E-state index contributed by atoms with van der Waals surface area (Å²) >= 11 is 6.13. The fourth-order valence-corrected chi connectivity index (χ4v) is 4.77. The van der Waals surface area contributed by atoms with E-state index in [1.807, 2.05) is 11.8 Å². The van der Waals surface area contributed by atoms with E-state index < -0.39 is 0 Å². The van der Waals surface area contributed by atoms with Crippen LogP contribution in [0, 0.1) is 5.92 Å². The lowest BCUT2D eigenvalue weighted by Gasteiger charge is -2.38. The van der Waals surface area contributed by atoms with E-state index in [4.69, 9.17) is 26.8 Å². The minimum absolute atomic E-state index is 0.0757. The van der Waals surface area contributed by atoms with Gasteiger partial charge in [0.2, 0.25) is 5.91 Å². The Morgan fingerprint density at radius 1 is 1.24 bits per heavy atom. The summed E-state index contributed by atoms with van der Waals surface area (Å²) in [6.07, 6.45) is 4.73. The Bertz CT molecular complexity index is 829. The molecule has 3 N–H and O–H groups in total. The minimum atomic E-state index is -0.258. The summed E-state index contributed by atoms with van der Waals surface area (Å²) in [7, 11) is 0. The molecule has 1 aromatic rings. The number of likely N-dealkylation sites (tertiary alicyclic amines) is 1. The van der Waals surface area contributed by atoms with Crippen molar-refractivity contribution in [2.24, 2.45) is 5.92 Å². The summed E-state index contributed by atoms with van der Waals surface area (Å²) < 4.78 is 11.5. The van der Waals surface area contributed by atoms with Gasteiger partial charge in [0, 0.05) is 51.8 Å². The topological polar surface area (TPSA) is 97.1 Å². The Labute approximate surface area is 208 Å². The van der Waals surface area contributed by atoms with Crippen molar-refractivity contribution in [2.45, 2.75) is 52.1 Å². The smallest absolute Gasteiger partial charge is 0.255 e. The molecule has 2 fully saturated rings. The molecular weight excluding hydrogens is 456 g/mol. The van der Waals surface area contributed by atoms with Crippen LogP contribution in [0.2, 0.25) is 5.02 Å². The van der Waals surface area contributed by atoms with Crippen molar-refractivity contribution in [2.75, 3.05) is 58.2 Å². The van der Waals surface area contributed by atoms with Gasteiger partial charge in [-0.15, -0.1) is 0 Å². The van der Waals surface area contributed by atoms with Crippen molar-refractivity contribution in [3.05, 3.63) is 22.7 Å². The number of carbonyl (C=O) groups is 2. The molecule has 9 heteroatoms. The van der Waals surface area contributed by atoms with E-state index in [0.717, 1.165) is 58.4 Å². The number of amides is 2. The van der Waals surface area contributed by atoms with Gasteiger partial charge in [-0.3, -0.25) is 14.5 Å². The molecule has 1 aromatic carbocycles. The number of benzene rings is 1. The van der Waals surface area contributed by atoms with Gasteiger partial charge in [0.15, 0.2) is 0 Å². The van der Waals surface area contributed by atoms with Crippen LogP contribution < -0.4 is 15.8 Å². The predicted molar refractivity (Wildman–Crippen MR) is 134 cm³/mol. The number of piperidine rings is 1. The van der Waals surface area contributed by atoms with E-state index in [-0.39, 0.29) is 12.0 Å². The Morgan fingerprint density at radius 2 is 2.00 bits per heavy atom. The zero-order valence-electron chi connectivity index (χ0n) is 20.5. The molecule has 1 unspecified atom stereocenters. The Morgan fingerprint density at radius 3 is 2.71 bits per heavy atom. The highest BCUT2D eigenvalue weighted by molar-refractivity contribution is 6.33. The molecular formula is C25H39ClN4O4. The number of nitrogens with two attached hydrogens (primary N) is 1. The maximum Gasteiger partial charge on any atom is 0.255 e. The first kappa shape index (κ1) is 26.6. The zero-order chi connectivity index (χ0) is 24.5. The second-order valence-electron chi connectivity index (χ2n) is 9.19. The Kier molecular flexibility index (Phi) is 10.3. The van der Waals surface area contributed by atoms with Crippen LogP contribution in [-0.4, -0.2) is 80.2 Å². The summed E-state index contributed by atoms with van der Waals surface area (Å²) in [6.45, 7) is 9.85. The van der Waals surface area contributed by atoms with Gasteiger partial charge < -0.3 is 25.4 Å². The molecule has 8 nitrogen and oxygen atoms in total. The van der Waals surface area contributed by atoms with Crippen molar-refractivity contribution in [3.8, 4) is 5.75 Å². The first-order chi connectivity index (χ1) is 16.4. The maximum absolute atomic E-state index is 12.8. The highest BCUT2D eigenvalue weighted by Gasteiger charge is 2.27. The lowest BCUT2D eigenvalue weighted by atomic mass is 9.95. The van der Waals surface area contributed by atoms with Gasteiger partial charge in [-0.25, -0.2) is 0 Å². The quantitative estimate of drug-likeness (QED) is 0.485. The normalized spacial score (nSPS) is 19.7. The van der Waals surface area contributed by atoms with E-state index in [9.17, 15) is 9.59 Å². The number of carbonyl (C=O) groups excluding carboxylic acids is 2. The molecule has 0 spiro atoms. The molecule has 0 radical (unpaired) electrons. The number of unbranched alkanes of at least 4 members (excludes halogenated alkanes) is 1. The third-order valence-electron chi connectivity index (χ3n) is 6.58. The van der Waals surface area contributed by atoms with Gasteiger partial charge in [-0.2, -0.15) is 0 Å². The van der Waals surface area contributed by atoms with Gasteiger partial charge in [-0.05, 0) is 38.2 Å². The van der Waals surface area contributed by atoms with E-state index >= 15 is 0 Å². The second-order valence-corrected chi connectivity index (χ2v) is 9.60. The highest BCUT2D eigenvalue weighted by atomic mass is 35.5. The number of nitrogens with one attached hydrogen (secondary N) is 1. The molecule has 0 bridgehead atoms. The fraction of sp³-hybridized carbons (Fsp3) is 0.680. The number of hydrogen-bond donors (Lipinski definition) is 2. The zero-order valence-corrected chi connectivity index (χ0v) is 21.2. The SMILES string of the molecule is CCCCC(=O)N1CCC(CN2CCOC(CNC(=O)c3cc(Cl)c(N)cc3OCC)C2)CC1. The monoisotopic (exact) mass is 494 g/mol. The van der Waals surface area contributed by atoms with Crippen LogP contribution in [0.25, 0.3) is 0 Å². The molecule has 3 rings (SSSR count). The first-order valence-electron chi connectivity index (χ1n) is 12.5. The lowest BCUT2D eigenvalue weighted by molar-refractivity contribution is -0.132. The van der Waals surface area contributed by atoms with Crippen molar-refractivity contribution >= 4 is 29.1 Å². The van der Waals surface area contributed by atoms with E-state index in [0.29, 0.717) is 60.0 Å². The van der Waals surface area contributed by atoms with Gasteiger partial charge >= 0.3 is 0 Å². The molecule has 0 aliphatic carbocycles. The molecule has 2 aliphatic rings. The van der Waals surface area contributed by atoms with Crippen LogP contribution in [-0.2, 0) is 9.53 Å². The predicted octanol–water partition coefficient (Wildman–Crippen LogP) is 3.18. The van der Waals surface area contributed by atoms with E-state index in [1.54, 1.807) is 12.1 Å². The van der Waals surface area contributed by atoms with Gasteiger partial charge in [0.25, 0.3) is 5.91 Å². The third kappa shape index (κ3) is 7.48. The second kappa shape index (κ2) is 13.2. The number of morpholine rings is 1. The molecule has 0 saturated carbocycles. The van der Waals surface area contributed by atoms with E-state index in [2.05, 4.69) is 17.1 Å².